The van der Waals surface area contributed by atoms with E-state index in [9.17, 15) is 0 Å². The number of hydrogen-bond donors (Lipinski definition) is 0. The second-order valence-electron chi connectivity index (χ2n) is 4.93. The van der Waals surface area contributed by atoms with Gasteiger partial charge in [-0.05, 0) is 38.1 Å². The maximum absolute atomic E-state index is 6.08. The first-order valence-corrected chi connectivity index (χ1v) is 7.51. The molecular weight excluding hydrogens is 298 g/mol. The fourth-order valence-corrected chi connectivity index (χ4v) is 2.44. The van der Waals surface area contributed by atoms with Crippen molar-refractivity contribution in [3.63, 3.8) is 0 Å². The molecule has 3 rings (SSSR count). The van der Waals surface area contributed by atoms with Gasteiger partial charge in [-0.3, -0.25) is 0 Å². The lowest BCUT2D eigenvalue weighted by Crippen LogP contribution is -1.95. The summed E-state index contributed by atoms with van der Waals surface area (Å²) >= 11 is 6.08. The molecule has 4 heteroatoms. The average Bonchev–Trinajstić information content (AvgIpc) is 2.94. The second kappa shape index (κ2) is 6.24. The van der Waals surface area contributed by atoms with E-state index in [0.29, 0.717) is 11.6 Å². The Balaban J connectivity index is 2.11. The van der Waals surface area contributed by atoms with E-state index in [1.807, 2.05) is 62.4 Å². The van der Waals surface area contributed by atoms with E-state index < -0.39 is 0 Å². The first kappa shape index (κ1) is 14.7. The third-order valence-corrected chi connectivity index (χ3v) is 3.46. The highest BCUT2D eigenvalue weighted by atomic mass is 35.5. The lowest BCUT2D eigenvalue weighted by atomic mass is 10.1. The molecule has 0 aliphatic rings. The number of rotatable bonds is 4. The Hall–Kier alpha value is -2.26. The van der Waals surface area contributed by atoms with Crippen LogP contribution in [-0.4, -0.2) is 11.6 Å². The number of pyridine rings is 1. The van der Waals surface area contributed by atoms with Crippen LogP contribution in [0.4, 0.5) is 0 Å². The molecule has 0 bridgehead atoms. The van der Waals surface area contributed by atoms with Gasteiger partial charge in [0.1, 0.15) is 17.2 Å². The molecule has 0 spiro atoms. The van der Waals surface area contributed by atoms with Gasteiger partial charge in [0.25, 0.3) is 0 Å². The van der Waals surface area contributed by atoms with Crippen LogP contribution in [0, 0.1) is 6.92 Å². The Morgan fingerprint density at radius 3 is 2.59 bits per heavy atom. The average molecular weight is 314 g/mol. The molecule has 0 unspecified atom stereocenters. The quantitative estimate of drug-likeness (QED) is 0.649. The third kappa shape index (κ3) is 3.15. The second-order valence-corrected chi connectivity index (χ2v) is 5.36. The van der Waals surface area contributed by atoms with Crippen LogP contribution in [0.2, 0.25) is 5.02 Å². The van der Waals surface area contributed by atoms with Gasteiger partial charge in [0.05, 0.1) is 12.3 Å². The Labute approximate surface area is 134 Å². The van der Waals surface area contributed by atoms with Gasteiger partial charge in [-0.1, -0.05) is 23.7 Å². The molecule has 0 amide bonds. The van der Waals surface area contributed by atoms with Gasteiger partial charge in [-0.25, -0.2) is 4.98 Å². The molecule has 112 valence electrons. The lowest BCUT2D eigenvalue weighted by molar-refractivity contribution is 0.340. The summed E-state index contributed by atoms with van der Waals surface area (Å²) in [5.41, 5.74) is 2.49. The Kier molecular flexibility index (Phi) is 4.16. The Bertz CT molecular complexity index is 795. The number of aromatic nitrogens is 1. The Morgan fingerprint density at radius 2 is 1.91 bits per heavy atom. The lowest BCUT2D eigenvalue weighted by Gasteiger charge is -2.09. The van der Waals surface area contributed by atoms with Crippen LogP contribution in [0.1, 0.15) is 12.7 Å². The minimum atomic E-state index is 0.593. The number of furan rings is 1. The molecule has 0 aliphatic carbocycles. The van der Waals surface area contributed by atoms with Crippen molar-refractivity contribution in [3.8, 4) is 28.5 Å². The van der Waals surface area contributed by atoms with Crippen LogP contribution < -0.4 is 4.74 Å². The monoisotopic (exact) mass is 313 g/mol. The number of aryl methyl sites for hydroxylation is 1. The van der Waals surface area contributed by atoms with E-state index in [0.717, 1.165) is 34.2 Å². The fraction of sp³-hybridized carbons (Fsp3) is 0.167. The molecule has 2 aromatic heterocycles. The van der Waals surface area contributed by atoms with E-state index in [1.54, 1.807) is 0 Å². The standard InChI is InChI=1S/C18H16ClNO2/c1-3-21-15-10-16(13-5-4-6-14(19)9-13)20-17(11-15)18-8-7-12(2)22-18/h4-11H,3H2,1-2H3. The number of benzene rings is 1. The zero-order valence-electron chi connectivity index (χ0n) is 12.5. The first-order valence-electron chi connectivity index (χ1n) is 7.13. The van der Waals surface area contributed by atoms with Gasteiger partial charge < -0.3 is 9.15 Å². The molecular formula is C18H16ClNO2. The third-order valence-electron chi connectivity index (χ3n) is 3.22. The van der Waals surface area contributed by atoms with Gasteiger partial charge in [0.15, 0.2) is 5.76 Å². The largest absolute Gasteiger partial charge is 0.494 e. The molecule has 1 aromatic carbocycles. The Morgan fingerprint density at radius 1 is 1.09 bits per heavy atom. The molecule has 0 atom stereocenters. The topological polar surface area (TPSA) is 35.3 Å². The van der Waals surface area contributed by atoms with E-state index in [2.05, 4.69) is 4.98 Å². The van der Waals surface area contributed by atoms with E-state index in [4.69, 9.17) is 20.8 Å². The van der Waals surface area contributed by atoms with Gasteiger partial charge in [0, 0.05) is 22.7 Å². The van der Waals surface area contributed by atoms with Gasteiger partial charge in [0.2, 0.25) is 0 Å². The highest BCUT2D eigenvalue weighted by molar-refractivity contribution is 6.30. The smallest absolute Gasteiger partial charge is 0.152 e. The van der Waals surface area contributed by atoms with Crippen molar-refractivity contribution in [1.82, 2.24) is 4.98 Å². The van der Waals surface area contributed by atoms with Gasteiger partial charge in [-0.2, -0.15) is 0 Å². The molecule has 3 aromatic rings. The fourth-order valence-electron chi connectivity index (χ4n) is 2.25. The number of ether oxygens (including phenoxy) is 1. The van der Waals surface area contributed by atoms with Crippen LogP contribution in [0.15, 0.2) is 52.9 Å². The van der Waals surface area contributed by atoms with Crippen LogP contribution in [0.25, 0.3) is 22.7 Å². The van der Waals surface area contributed by atoms with Crippen molar-refractivity contribution in [3.05, 3.63) is 59.3 Å². The maximum atomic E-state index is 6.08. The van der Waals surface area contributed by atoms with E-state index in [-0.39, 0.29) is 0 Å². The van der Waals surface area contributed by atoms with Crippen molar-refractivity contribution in [1.29, 1.82) is 0 Å². The minimum absolute atomic E-state index is 0.593. The molecule has 0 aliphatic heterocycles. The van der Waals surface area contributed by atoms with Crippen molar-refractivity contribution in [2.75, 3.05) is 6.61 Å². The summed E-state index contributed by atoms with van der Waals surface area (Å²) in [4.78, 5) is 4.68. The van der Waals surface area contributed by atoms with Crippen LogP contribution >= 0.6 is 11.6 Å². The molecule has 0 saturated heterocycles. The van der Waals surface area contributed by atoms with Crippen LogP contribution in [0.3, 0.4) is 0 Å². The molecule has 0 radical (unpaired) electrons. The summed E-state index contributed by atoms with van der Waals surface area (Å²) in [7, 11) is 0. The van der Waals surface area contributed by atoms with Crippen molar-refractivity contribution in [2.45, 2.75) is 13.8 Å². The summed E-state index contributed by atoms with van der Waals surface area (Å²) in [6.07, 6.45) is 0. The summed E-state index contributed by atoms with van der Waals surface area (Å²) in [5, 5.41) is 0.677. The summed E-state index contributed by atoms with van der Waals surface area (Å²) in [5.74, 6) is 2.33. The molecule has 3 nitrogen and oxygen atoms in total. The molecule has 22 heavy (non-hydrogen) atoms. The number of halogens is 1. The normalized spacial score (nSPS) is 10.7. The van der Waals surface area contributed by atoms with E-state index >= 15 is 0 Å². The predicted molar refractivity (Wildman–Crippen MR) is 88.3 cm³/mol. The zero-order chi connectivity index (χ0) is 15.5. The molecule has 0 fully saturated rings. The number of nitrogens with zero attached hydrogens (tertiary/aromatic N) is 1. The van der Waals surface area contributed by atoms with Gasteiger partial charge >= 0.3 is 0 Å². The SMILES string of the molecule is CCOc1cc(-c2cccc(Cl)c2)nc(-c2ccc(C)o2)c1. The minimum Gasteiger partial charge on any atom is -0.494 e. The summed E-state index contributed by atoms with van der Waals surface area (Å²) in [6, 6.07) is 15.2. The maximum Gasteiger partial charge on any atom is 0.152 e. The summed E-state index contributed by atoms with van der Waals surface area (Å²) in [6.45, 7) is 4.46. The van der Waals surface area contributed by atoms with Crippen LogP contribution in [-0.2, 0) is 0 Å². The predicted octanol–water partition coefficient (Wildman–Crippen LogP) is 5.37. The van der Waals surface area contributed by atoms with Crippen LogP contribution in [0.5, 0.6) is 5.75 Å². The number of hydrogen-bond acceptors (Lipinski definition) is 3. The molecule has 0 N–H and O–H groups in total. The summed E-state index contributed by atoms with van der Waals surface area (Å²) < 4.78 is 11.3. The van der Waals surface area contributed by atoms with Gasteiger partial charge in [-0.15, -0.1) is 0 Å². The van der Waals surface area contributed by atoms with Crippen molar-refractivity contribution >= 4 is 11.6 Å². The van der Waals surface area contributed by atoms with E-state index in [1.165, 1.54) is 0 Å². The molecule has 0 saturated carbocycles. The van der Waals surface area contributed by atoms with Crippen molar-refractivity contribution in [2.24, 2.45) is 0 Å². The first-order chi connectivity index (χ1) is 10.7. The highest BCUT2D eigenvalue weighted by Gasteiger charge is 2.10. The van der Waals surface area contributed by atoms with Crippen molar-refractivity contribution < 1.29 is 9.15 Å². The molecule has 2 heterocycles. The zero-order valence-corrected chi connectivity index (χ0v) is 13.2. The highest BCUT2D eigenvalue weighted by Crippen LogP contribution is 2.30.